The van der Waals surface area contributed by atoms with E-state index in [1.54, 1.807) is 18.3 Å². The molecule has 0 fully saturated rings. The Bertz CT molecular complexity index is 598. The summed E-state index contributed by atoms with van der Waals surface area (Å²) < 4.78 is 13.5. The number of carbonyl (C=O) groups excluding carboxylic acids is 1. The van der Waals surface area contributed by atoms with Crippen LogP contribution in [0.2, 0.25) is 5.02 Å². The predicted molar refractivity (Wildman–Crippen MR) is 68.4 cm³/mol. The van der Waals surface area contributed by atoms with Gasteiger partial charge in [-0.25, -0.2) is 4.39 Å². The standard InChI is InChI=1S/C14H11ClFNO/c1-9-4-5-17-13(6-9)14(18)8-10-7-11(15)2-3-12(10)16/h2-7H,8H2,1H3. The molecule has 0 aliphatic heterocycles. The van der Waals surface area contributed by atoms with Gasteiger partial charge in [-0.05, 0) is 48.4 Å². The van der Waals surface area contributed by atoms with Crippen LogP contribution in [0, 0.1) is 12.7 Å². The molecule has 0 unspecified atom stereocenters. The number of pyridine rings is 1. The van der Waals surface area contributed by atoms with E-state index in [-0.39, 0.29) is 17.8 Å². The maximum Gasteiger partial charge on any atom is 0.185 e. The zero-order chi connectivity index (χ0) is 13.1. The zero-order valence-electron chi connectivity index (χ0n) is 9.78. The van der Waals surface area contributed by atoms with Crippen LogP contribution in [0.1, 0.15) is 21.6 Å². The summed E-state index contributed by atoms with van der Waals surface area (Å²) in [5.74, 6) is -0.653. The summed E-state index contributed by atoms with van der Waals surface area (Å²) >= 11 is 5.78. The molecule has 18 heavy (non-hydrogen) atoms. The number of aryl methyl sites for hydroxylation is 1. The molecule has 0 bridgehead atoms. The van der Waals surface area contributed by atoms with Crippen LogP contribution >= 0.6 is 11.6 Å². The third-order valence-corrected chi connectivity index (χ3v) is 2.79. The number of halogens is 2. The molecule has 1 heterocycles. The first kappa shape index (κ1) is 12.7. The van der Waals surface area contributed by atoms with Gasteiger partial charge >= 0.3 is 0 Å². The van der Waals surface area contributed by atoms with Gasteiger partial charge in [0.1, 0.15) is 11.5 Å². The van der Waals surface area contributed by atoms with Gasteiger partial charge < -0.3 is 0 Å². The number of hydrogen-bond donors (Lipinski definition) is 0. The molecule has 2 rings (SSSR count). The largest absolute Gasteiger partial charge is 0.292 e. The Kier molecular flexibility index (Phi) is 3.72. The van der Waals surface area contributed by atoms with Gasteiger partial charge in [-0.1, -0.05) is 11.6 Å². The quantitative estimate of drug-likeness (QED) is 0.792. The number of hydrogen-bond acceptors (Lipinski definition) is 2. The van der Waals surface area contributed by atoms with Crippen molar-refractivity contribution in [2.45, 2.75) is 13.3 Å². The Morgan fingerprint density at radius 2 is 2.11 bits per heavy atom. The first-order valence-corrected chi connectivity index (χ1v) is 5.84. The van der Waals surface area contributed by atoms with Gasteiger partial charge in [0.25, 0.3) is 0 Å². The second-order valence-corrected chi connectivity index (χ2v) is 4.49. The number of rotatable bonds is 3. The fraction of sp³-hybridized carbons (Fsp3) is 0.143. The molecule has 0 saturated carbocycles. The van der Waals surface area contributed by atoms with Crippen LogP contribution in [0.15, 0.2) is 36.5 Å². The van der Waals surface area contributed by atoms with Gasteiger partial charge in [0.2, 0.25) is 0 Å². The highest BCUT2D eigenvalue weighted by Crippen LogP contribution is 2.16. The van der Waals surface area contributed by atoms with Crippen LogP contribution in [-0.4, -0.2) is 10.8 Å². The van der Waals surface area contributed by atoms with Crippen molar-refractivity contribution in [2.75, 3.05) is 0 Å². The average molecular weight is 264 g/mol. The number of benzene rings is 1. The van der Waals surface area contributed by atoms with E-state index >= 15 is 0 Å². The van der Waals surface area contributed by atoms with Crippen LogP contribution in [0.5, 0.6) is 0 Å². The van der Waals surface area contributed by atoms with E-state index in [1.165, 1.54) is 18.2 Å². The van der Waals surface area contributed by atoms with Gasteiger partial charge in [0.05, 0.1) is 0 Å². The van der Waals surface area contributed by atoms with Gasteiger partial charge in [-0.3, -0.25) is 9.78 Å². The van der Waals surface area contributed by atoms with Crippen LogP contribution in [0.3, 0.4) is 0 Å². The third kappa shape index (κ3) is 2.93. The van der Waals surface area contributed by atoms with E-state index < -0.39 is 5.82 Å². The summed E-state index contributed by atoms with van der Waals surface area (Å²) in [6, 6.07) is 7.66. The molecule has 1 aromatic heterocycles. The first-order valence-electron chi connectivity index (χ1n) is 5.46. The molecule has 0 spiro atoms. The van der Waals surface area contributed by atoms with Gasteiger partial charge in [0.15, 0.2) is 5.78 Å². The van der Waals surface area contributed by atoms with E-state index in [9.17, 15) is 9.18 Å². The van der Waals surface area contributed by atoms with Crippen molar-refractivity contribution in [1.82, 2.24) is 4.98 Å². The second-order valence-electron chi connectivity index (χ2n) is 4.05. The van der Waals surface area contributed by atoms with Crippen LogP contribution in [0.25, 0.3) is 0 Å². The van der Waals surface area contributed by atoms with Crippen LogP contribution in [0.4, 0.5) is 4.39 Å². The highest BCUT2D eigenvalue weighted by atomic mass is 35.5. The summed E-state index contributed by atoms with van der Waals surface area (Å²) in [6.45, 7) is 1.87. The number of ketones is 1. The molecule has 0 atom stereocenters. The van der Waals surface area contributed by atoms with Crippen molar-refractivity contribution >= 4 is 17.4 Å². The number of carbonyl (C=O) groups is 1. The minimum atomic E-state index is -0.430. The summed E-state index contributed by atoms with van der Waals surface area (Å²) in [5, 5.41) is 0.413. The number of aromatic nitrogens is 1. The molecule has 0 N–H and O–H groups in total. The molecular weight excluding hydrogens is 253 g/mol. The van der Waals surface area contributed by atoms with Crippen molar-refractivity contribution in [2.24, 2.45) is 0 Å². The Morgan fingerprint density at radius 3 is 2.83 bits per heavy atom. The maximum atomic E-state index is 13.5. The van der Waals surface area contributed by atoms with E-state index in [2.05, 4.69) is 4.98 Å². The molecule has 0 amide bonds. The normalized spacial score (nSPS) is 10.4. The minimum absolute atomic E-state index is 0.0388. The lowest BCUT2D eigenvalue weighted by molar-refractivity contribution is 0.0987. The van der Waals surface area contributed by atoms with E-state index in [4.69, 9.17) is 11.6 Å². The third-order valence-electron chi connectivity index (χ3n) is 2.56. The lowest BCUT2D eigenvalue weighted by Gasteiger charge is -2.04. The number of nitrogens with zero attached hydrogens (tertiary/aromatic N) is 1. The first-order chi connectivity index (χ1) is 8.56. The predicted octanol–water partition coefficient (Wildman–Crippen LogP) is 3.61. The molecule has 0 aliphatic rings. The average Bonchev–Trinajstić information content (AvgIpc) is 2.34. The Labute approximate surface area is 109 Å². The van der Waals surface area contributed by atoms with Gasteiger partial charge in [-0.2, -0.15) is 0 Å². The topological polar surface area (TPSA) is 30.0 Å². The highest BCUT2D eigenvalue weighted by Gasteiger charge is 2.12. The Hall–Kier alpha value is -1.74. The summed E-state index contributed by atoms with van der Waals surface area (Å²) in [5.41, 5.74) is 1.57. The fourth-order valence-electron chi connectivity index (χ4n) is 1.63. The minimum Gasteiger partial charge on any atom is -0.292 e. The van der Waals surface area contributed by atoms with Crippen molar-refractivity contribution < 1.29 is 9.18 Å². The van der Waals surface area contributed by atoms with Crippen molar-refractivity contribution in [3.05, 3.63) is 64.2 Å². The zero-order valence-corrected chi connectivity index (χ0v) is 10.5. The van der Waals surface area contributed by atoms with Crippen LogP contribution < -0.4 is 0 Å². The number of Topliss-reactive ketones (excluding diaryl/α,β-unsaturated/α-hetero) is 1. The van der Waals surface area contributed by atoms with Crippen molar-refractivity contribution in [3.8, 4) is 0 Å². The fourth-order valence-corrected chi connectivity index (χ4v) is 1.83. The lowest BCUT2D eigenvalue weighted by Crippen LogP contribution is -2.07. The molecule has 1 aromatic carbocycles. The maximum absolute atomic E-state index is 13.5. The molecule has 4 heteroatoms. The Morgan fingerprint density at radius 1 is 1.33 bits per heavy atom. The smallest absolute Gasteiger partial charge is 0.185 e. The molecule has 2 nitrogen and oxygen atoms in total. The van der Waals surface area contributed by atoms with Crippen molar-refractivity contribution in [3.63, 3.8) is 0 Å². The molecule has 0 saturated heterocycles. The molecule has 2 aromatic rings. The lowest BCUT2D eigenvalue weighted by atomic mass is 10.1. The van der Waals surface area contributed by atoms with E-state index in [0.717, 1.165) is 5.56 Å². The molecular formula is C14H11ClFNO. The van der Waals surface area contributed by atoms with E-state index in [1.807, 2.05) is 6.92 Å². The molecule has 0 radical (unpaired) electrons. The van der Waals surface area contributed by atoms with E-state index in [0.29, 0.717) is 10.7 Å². The van der Waals surface area contributed by atoms with Gasteiger partial charge in [-0.15, -0.1) is 0 Å². The van der Waals surface area contributed by atoms with Gasteiger partial charge in [0, 0.05) is 17.6 Å². The second kappa shape index (κ2) is 5.27. The molecule has 0 aliphatic carbocycles. The summed E-state index contributed by atoms with van der Waals surface area (Å²) in [4.78, 5) is 15.9. The SMILES string of the molecule is Cc1ccnc(C(=O)Cc2cc(Cl)ccc2F)c1. The Balaban J connectivity index is 2.24. The summed E-state index contributed by atoms with van der Waals surface area (Å²) in [7, 11) is 0. The monoisotopic (exact) mass is 263 g/mol. The van der Waals surface area contributed by atoms with Crippen molar-refractivity contribution in [1.29, 1.82) is 0 Å². The molecule has 92 valence electrons. The summed E-state index contributed by atoms with van der Waals surface area (Å²) in [6.07, 6.45) is 1.53. The van der Waals surface area contributed by atoms with Crippen LogP contribution in [-0.2, 0) is 6.42 Å². The highest BCUT2D eigenvalue weighted by molar-refractivity contribution is 6.30.